The van der Waals surface area contributed by atoms with Gasteiger partial charge in [-0.25, -0.2) is 4.79 Å². The molecule has 2 aromatic rings. The van der Waals surface area contributed by atoms with E-state index in [1.165, 1.54) is 4.90 Å². The molecule has 0 spiro atoms. The van der Waals surface area contributed by atoms with E-state index in [0.717, 1.165) is 0 Å². The van der Waals surface area contributed by atoms with Crippen LogP contribution in [0, 0.1) is 22.7 Å². The first-order chi connectivity index (χ1) is 14.5. The fourth-order valence-corrected chi connectivity index (χ4v) is 3.18. The number of carbonyl (C=O) groups excluding carboxylic acids is 2. The number of hydrogen-bond acceptors (Lipinski definition) is 5. The molecule has 1 saturated heterocycles. The highest BCUT2D eigenvalue weighted by atomic mass is 16.6. The molecule has 30 heavy (non-hydrogen) atoms. The minimum Gasteiger partial charge on any atom is -0.450 e. The van der Waals surface area contributed by atoms with Crippen molar-refractivity contribution in [3.8, 4) is 12.1 Å². The van der Waals surface area contributed by atoms with E-state index >= 15 is 0 Å². The minimum absolute atomic E-state index is 0.115. The van der Waals surface area contributed by atoms with Crippen molar-refractivity contribution in [3.63, 3.8) is 0 Å². The predicted molar refractivity (Wildman–Crippen MR) is 112 cm³/mol. The second-order valence-electron chi connectivity index (χ2n) is 6.70. The molecule has 148 valence electrons. The first kappa shape index (κ1) is 20.6. The Morgan fingerprint density at radius 1 is 1.00 bits per heavy atom. The summed E-state index contributed by atoms with van der Waals surface area (Å²) in [6.07, 6.45) is 2.88. The molecule has 1 amide bonds. The quantitative estimate of drug-likeness (QED) is 0.731. The van der Waals surface area contributed by atoms with Crippen LogP contribution in [0.2, 0.25) is 0 Å². The number of Topliss-reactive ketones (excluding diaryl/α,β-unsaturated/α-hetero) is 1. The predicted octanol–water partition coefficient (Wildman–Crippen LogP) is 3.94. The molecule has 6 heteroatoms. The third-order valence-corrected chi connectivity index (χ3v) is 4.54. The van der Waals surface area contributed by atoms with Gasteiger partial charge in [-0.2, -0.15) is 10.5 Å². The van der Waals surface area contributed by atoms with E-state index in [1.54, 1.807) is 67.6 Å². The van der Waals surface area contributed by atoms with E-state index in [1.807, 2.05) is 0 Å². The molecule has 0 unspecified atom stereocenters. The summed E-state index contributed by atoms with van der Waals surface area (Å²) in [4.78, 5) is 26.9. The number of piperidine rings is 1. The van der Waals surface area contributed by atoms with Gasteiger partial charge in [-0.3, -0.25) is 9.69 Å². The molecular formula is C24H19N3O3. The monoisotopic (exact) mass is 397 g/mol. The minimum atomic E-state index is -0.502. The number of rotatable bonds is 3. The Labute approximate surface area is 174 Å². The maximum absolute atomic E-state index is 13.1. The van der Waals surface area contributed by atoms with Gasteiger partial charge in [-0.1, -0.05) is 24.3 Å². The molecule has 6 nitrogen and oxygen atoms in total. The highest BCUT2D eigenvalue weighted by Crippen LogP contribution is 2.23. The van der Waals surface area contributed by atoms with Crippen molar-refractivity contribution in [2.45, 2.75) is 6.92 Å². The van der Waals surface area contributed by atoms with Crippen molar-refractivity contribution in [2.24, 2.45) is 0 Å². The fraction of sp³-hybridized carbons (Fsp3) is 0.167. The summed E-state index contributed by atoms with van der Waals surface area (Å²) in [5.74, 6) is -0.180. The van der Waals surface area contributed by atoms with Gasteiger partial charge in [0.1, 0.15) is 0 Å². The van der Waals surface area contributed by atoms with Crippen LogP contribution in [0.1, 0.15) is 29.2 Å². The smallest absolute Gasteiger partial charge is 0.410 e. The van der Waals surface area contributed by atoms with Gasteiger partial charge < -0.3 is 4.74 Å². The van der Waals surface area contributed by atoms with Crippen LogP contribution in [0.15, 0.2) is 59.7 Å². The van der Waals surface area contributed by atoms with Crippen LogP contribution in [0.25, 0.3) is 12.2 Å². The number of amides is 1. The van der Waals surface area contributed by atoms with Crippen molar-refractivity contribution in [1.29, 1.82) is 10.5 Å². The zero-order valence-corrected chi connectivity index (χ0v) is 16.5. The van der Waals surface area contributed by atoms with Crippen LogP contribution in [-0.2, 0) is 9.53 Å². The van der Waals surface area contributed by atoms with E-state index in [9.17, 15) is 9.59 Å². The Bertz CT molecular complexity index is 1050. The van der Waals surface area contributed by atoms with E-state index in [-0.39, 0.29) is 25.5 Å². The topological polar surface area (TPSA) is 94.2 Å². The van der Waals surface area contributed by atoms with Gasteiger partial charge in [0.05, 0.1) is 43.0 Å². The lowest BCUT2D eigenvalue weighted by molar-refractivity contribution is -0.113. The largest absolute Gasteiger partial charge is 0.450 e. The fourth-order valence-electron chi connectivity index (χ4n) is 3.18. The van der Waals surface area contributed by atoms with Crippen molar-refractivity contribution >= 4 is 24.0 Å². The molecule has 1 aliphatic rings. The summed E-state index contributed by atoms with van der Waals surface area (Å²) in [6, 6.07) is 18.0. The Morgan fingerprint density at radius 3 is 1.93 bits per heavy atom. The second-order valence-corrected chi connectivity index (χ2v) is 6.70. The van der Waals surface area contributed by atoms with Crippen LogP contribution < -0.4 is 0 Å². The Morgan fingerprint density at radius 2 is 1.50 bits per heavy atom. The second kappa shape index (κ2) is 9.36. The molecule has 0 aromatic heterocycles. The lowest BCUT2D eigenvalue weighted by atomic mass is 9.94. The summed E-state index contributed by atoms with van der Waals surface area (Å²) in [5, 5.41) is 18.2. The summed E-state index contributed by atoms with van der Waals surface area (Å²) >= 11 is 0. The van der Waals surface area contributed by atoms with Gasteiger partial charge in [0.25, 0.3) is 0 Å². The normalized spacial score (nSPS) is 16.2. The number of nitrogens with zero attached hydrogens (tertiary/aromatic N) is 3. The van der Waals surface area contributed by atoms with Crippen molar-refractivity contribution in [2.75, 3.05) is 19.7 Å². The van der Waals surface area contributed by atoms with Gasteiger partial charge in [-0.05, 0) is 54.5 Å². The molecular weight excluding hydrogens is 378 g/mol. The van der Waals surface area contributed by atoms with Crippen molar-refractivity contribution < 1.29 is 14.3 Å². The Kier molecular flexibility index (Phi) is 6.42. The third kappa shape index (κ3) is 4.81. The summed E-state index contributed by atoms with van der Waals surface area (Å²) < 4.78 is 5.12. The Balaban J connectivity index is 2.01. The number of hydrogen-bond donors (Lipinski definition) is 0. The lowest BCUT2D eigenvalue weighted by Gasteiger charge is -2.29. The molecule has 1 aliphatic heterocycles. The number of benzene rings is 2. The van der Waals surface area contributed by atoms with Gasteiger partial charge >= 0.3 is 6.09 Å². The average Bonchev–Trinajstić information content (AvgIpc) is 2.76. The standard InChI is InChI=1S/C24H19N3O3/c1-2-30-24(29)27-15-21(11-17-5-3-7-19(9-17)13-25)23(28)22(16-27)12-18-6-4-8-20(10-18)14-26/h3-12H,2,15-16H2,1H3. The molecule has 2 aromatic carbocycles. The van der Waals surface area contributed by atoms with Crippen LogP contribution in [0.5, 0.6) is 0 Å². The van der Waals surface area contributed by atoms with E-state index < -0.39 is 6.09 Å². The summed E-state index contributed by atoms with van der Waals surface area (Å²) in [7, 11) is 0. The molecule has 0 radical (unpaired) electrons. The van der Waals surface area contributed by atoms with Crippen LogP contribution in [0.3, 0.4) is 0 Å². The zero-order valence-electron chi connectivity index (χ0n) is 16.5. The third-order valence-electron chi connectivity index (χ3n) is 4.54. The zero-order chi connectivity index (χ0) is 21.5. The number of nitriles is 2. The molecule has 0 bridgehead atoms. The number of carbonyl (C=O) groups is 2. The first-order valence-electron chi connectivity index (χ1n) is 9.42. The maximum atomic E-state index is 13.1. The van der Waals surface area contributed by atoms with Gasteiger partial charge in [0, 0.05) is 11.1 Å². The average molecular weight is 397 g/mol. The summed E-state index contributed by atoms with van der Waals surface area (Å²) in [6.45, 7) is 2.19. The van der Waals surface area contributed by atoms with Crippen molar-refractivity contribution in [3.05, 3.63) is 81.9 Å². The molecule has 0 atom stereocenters. The maximum Gasteiger partial charge on any atom is 0.410 e. The number of ether oxygens (including phenoxy) is 1. The molecule has 0 N–H and O–H groups in total. The number of likely N-dealkylation sites (tertiary alicyclic amines) is 1. The van der Waals surface area contributed by atoms with Crippen LogP contribution >= 0.6 is 0 Å². The van der Waals surface area contributed by atoms with Crippen molar-refractivity contribution in [1.82, 2.24) is 4.90 Å². The molecule has 1 fully saturated rings. The highest BCUT2D eigenvalue weighted by Gasteiger charge is 2.29. The first-order valence-corrected chi connectivity index (χ1v) is 9.42. The van der Waals surface area contributed by atoms with Crippen LogP contribution in [0.4, 0.5) is 4.79 Å². The molecule has 0 saturated carbocycles. The van der Waals surface area contributed by atoms with E-state index in [4.69, 9.17) is 15.3 Å². The van der Waals surface area contributed by atoms with Gasteiger partial charge in [0.2, 0.25) is 0 Å². The molecule has 0 aliphatic carbocycles. The lowest BCUT2D eigenvalue weighted by Crippen LogP contribution is -2.41. The summed E-state index contributed by atoms with van der Waals surface area (Å²) in [5.41, 5.74) is 3.22. The van der Waals surface area contributed by atoms with Crippen LogP contribution in [-0.4, -0.2) is 36.5 Å². The Hall–Kier alpha value is -4.16. The molecule has 3 rings (SSSR count). The SMILES string of the molecule is CCOC(=O)N1CC(=Cc2cccc(C#N)c2)C(=O)C(=Cc2cccc(C#N)c2)C1. The number of ketones is 1. The van der Waals surface area contributed by atoms with E-state index in [2.05, 4.69) is 12.1 Å². The van der Waals surface area contributed by atoms with Gasteiger partial charge in [0.15, 0.2) is 5.78 Å². The molecule has 1 heterocycles. The van der Waals surface area contributed by atoms with Gasteiger partial charge in [-0.15, -0.1) is 0 Å². The highest BCUT2D eigenvalue weighted by molar-refractivity contribution is 6.15. The van der Waals surface area contributed by atoms with E-state index in [0.29, 0.717) is 33.4 Å².